The third kappa shape index (κ3) is 3.01. The van der Waals surface area contributed by atoms with Gasteiger partial charge in [0.1, 0.15) is 0 Å². The summed E-state index contributed by atoms with van der Waals surface area (Å²) in [6.07, 6.45) is 3.38. The maximum absolute atomic E-state index is 11.9. The van der Waals surface area contributed by atoms with Crippen molar-refractivity contribution in [2.75, 3.05) is 24.7 Å². The average molecular weight is 278 g/mol. The lowest BCUT2D eigenvalue weighted by atomic mass is 10.1. The summed E-state index contributed by atoms with van der Waals surface area (Å²) >= 11 is 0. The Kier molecular flexibility index (Phi) is 4.45. The van der Waals surface area contributed by atoms with Gasteiger partial charge in [-0.1, -0.05) is 0 Å². The zero-order chi connectivity index (χ0) is 14.5. The van der Waals surface area contributed by atoms with Crippen LogP contribution in [-0.2, 0) is 9.47 Å². The Bertz CT molecular complexity index is 481. The summed E-state index contributed by atoms with van der Waals surface area (Å²) in [6, 6.07) is 2.88. The van der Waals surface area contributed by atoms with E-state index in [-0.39, 0.29) is 22.5 Å². The molecule has 6 heteroatoms. The highest BCUT2D eigenvalue weighted by atomic mass is 16.5. The topological polar surface area (TPSA) is 105 Å². The molecule has 1 aromatic rings. The van der Waals surface area contributed by atoms with Gasteiger partial charge in [-0.3, -0.25) is 0 Å². The van der Waals surface area contributed by atoms with E-state index in [4.69, 9.17) is 20.9 Å². The number of esters is 2. The number of nitrogen functional groups attached to an aromatic ring is 2. The van der Waals surface area contributed by atoms with Gasteiger partial charge in [0.25, 0.3) is 0 Å². The molecule has 0 saturated heterocycles. The molecule has 2 heterocycles. The molecular weight excluding hydrogens is 260 g/mol. The number of hydrogen-bond donors (Lipinski definition) is 2. The molecule has 108 valence electrons. The smallest absolute Gasteiger partial charge is 0.340 e. The van der Waals surface area contributed by atoms with Crippen molar-refractivity contribution in [3.05, 3.63) is 23.3 Å². The summed E-state index contributed by atoms with van der Waals surface area (Å²) in [5, 5.41) is 0. The van der Waals surface area contributed by atoms with E-state index < -0.39 is 11.9 Å². The van der Waals surface area contributed by atoms with Crippen molar-refractivity contribution in [2.45, 2.75) is 25.7 Å². The molecule has 6 nitrogen and oxygen atoms in total. The van der Waals surface area contributed by atoms with Gasteiger partial charge in [-0.25, -0.2) is 9.59 Å². The van der Waals surface area contributed by atoms with Crippen LogP contribution in [0.2, 0.25) is 0 Å². The summed E-state index contributed by atoms with van der Waals surface area (Å²) in [5.74, 6) is -1.04. The lowest BCUT2D eigenvalue weighted by Crippen LogP contribution is -2.15. The molecule has 4 N–H and O–H groups in total. The average Bonchev–Trinajstić information content (AvgIpc) is 2.43. The van der Waals surface area contributed by atoms with Crippen LogP contribution >= 0.6 is 0 Å². The van der Waals surface area contributed by atoms with Gasteiger partial charge in [-0.15, -0.1) is 0 Å². The van der Waals surface area contributed by atoms with Crippen molar-refractivity contribution < 1.29 is 19.1 Å². The first-order chi connectivity index (χ1) is 9.61. The molecule has 0 aliphatic carbocycles. The molecule has 0 amide bonds. The lowest BCUT2D eigenvalue weighted by Gasteiger charge is -2.13. The van der Waals surface area contributed by atoms with Gasteiger partial charge in [0.15, 0.2) is 0 Å². The number of carbonyl (C=O) groups excluding carboxylic acids is 2. The molecule has 0 aromatic heterocycles. The van der Waals surface area contributed by atoms with E-state index in [0.29, 0.717) is 13.2 Å². The second-order valence-electron chi connectivity index (χ2n) is 4.67. The Morgan fingerprint density at radius 1 is 0.750 bits per heavy atom. The van der Waals surface area contributed by atoms with Crippen LogP contribution in [0.5, 0.6) is 0 Å². The maximum atomic E-state index is 11.9. The first-order valence-corrected chi connectivity index (χ1v) is 6.63. The number of anilines is 2. The van der Waals surface area contributed by atoms with Gasteiger partial charge in [0.05, 0.1) is 35.7 Å². The highest BCUT2D eigenvalue weighted by molar-refractivity contribution is 6.04. The van der Waals surface area contributed by atoms with Crippen molar-refractivity contribution in [1.82, 2.24) is 0 Å². The van der Waals surface area contributed by atoms with Crippen LogP contribution in [0.15, 0.2) is 12.1 Å². The van der Waals surface area contributed by atoms with Crippen molar-refractivity contribution in [2.24, 2.45) is 0 Å². The normalized spacial score (nSPS) is 17.2. The second kappa shape index (κ2) is 6.27. The van der Waals surface area contributed by atoms with Crippen molar-refractivity contribution in [1.29, 1.82) is 0 Å². The van der Waals surface area contributed by atoms with E-state index in [9.17, 15) is 9.59 Å². The van der Waals surface area contributed by atoms with Gasteiger partial charge < -0.3 is 20.9 Å². The third-order valence-electron chi connectivity index (χ3n) is 3.23. The van der Waals surface area contributed by atoms with Gasteiger partial charge in [0.2, 0.25) is 0 Å². The van der Waals surface area contributed by atoms with E-state index in [2.05, 4.69) is 0 Å². The van der Waals surface area contributed by atoms with Gasteiger partial charge >= 0.3 is 11.9 Å². The number of hydrogen-bond acceptors (Lipinski definition) is 6. The molecule has 0 unspecified atom stereocenters. The monoisotopic (exact) mass is 278 g/mol. The lowest BCUT2D eigenvalue weighted by molar-refractivity contribution is 0.0470. The van der Waals surface area contributed by atoms with Crippen molar-refractivity contribution in [3.8, 4) is 0 Å². The number of fused-ring (bicyclic) bond motifs is 11. The highest BCUT2D eigenvalue weighted by Gasteiger charge is 2.20. The Morgan fingerprint density at radius 3 is 1.55 bits per heavy atom. The number of benzene rings is 1. The van der Waals surface area contributed by atoms with E-state index in [1.807, 2.05) is 0 Å². The molecule has 0 atom stereocenters. The maximum Gasteiger partial charge on any atom is 0.340 e. The van der Waals surface area contributed by atoms with E-state index in [0.717, 1.165) is 25.7 Å². The van der Waals surface area contributed by atoms with Crippen LogP contribution in [0, 0.1) is 0 Å². The van der Waals surface area contributed by atoms with Crippen LogP contribution in [-0.4, -0.2) is 25.2 Å². The van der Waals surface area contributed by atoms with Crippen LogP contribution in [0.4, 0.5) is 11.4 Å². The molecule has 2 aliphatic rings. The van der Waals surface area contributed by atoms with Crippen LogP contribution in [0.25, 0.3) is 0 Å². The summed E-state index contributed by atoms with van der Waals surface area (Å²) in [7, 11) is 0. The predicted molar refractivity (Wildman–Crippen MR) is 74.3 cm³/mol. The first kappa shape index (κ1) is 14.2. The van der Waals surface area contributed by atoms with Crippen LogP contribution in [0.3, 0.4) is 0 Å². The minimum atomic E-state index is -0.522. The Balaban J connectivity index is 2.33. The number of ether oxygens (including phenoxy) is 2. The molecule has 2 bridgehead atoms. The van der Waals surface area contributed by atoms with Crippen LogP contribution < -0.4 is 11.5 Å². The molecule has 1 aromatic carbocycles. The van der Waals surface area contributed by atoms with Crippen LogP contribution in [0.1, 0.15) is 46.4 Å². The molecule has 0 saturated carbocycles. The number of carbonyl (C=O) groups is 2. The molecule has 2 aliphatic heterocycles. The zero-order valence-electron chi connectivity index (χ0n) is 11.2. The first-order valence-electron chi connectivity index (χ1n) is 6.63. The zero-order valence-corrected chi connectivity index (χ0v) is 11.2. The van der Waals surface area contributed by atoms with E-state index in [1.165, 1.54) is 12.1 Å². The molecule has 20 heavy (non-hydrogen) atoms. The second-order valence-corrected chi connectivity index (χ2v) is 4.67. The fraction of sp³-hybridized carbons (Fsp3) is 0.429. The van der Waals surface area contributed by atoms with E-state index >= 15 is 0 Å². The Morgan fingerprint density at radius 2 is 1.15 bits per heavy atom. The molecular formula is C14H18N2O4. The molecule has 0 radical (unpaired) electrons. The van der Waals surface area contributed by atoms with Gasteiger partial charge in [-0.05, 0) is 37.8 Å². The number of nitrogens with two attached hydrogens (primary N) is 2. The van der Waals surface area contributed by atoms with E-state index in [1.54, 1.807) is 0 Å². The fourth-order valence-electron chi connectivity index (χ4n) is 2.04. The summed E-state index contributed by atoms with van der Waals surface area (Å²) < 4.78 is 10.3. The molecule has 0 fully saturated rings. The quantitative estimate of drug-likeness (QED) is 0.553. The molecule has 0 spiro atoms. The number of rotatable bonds is 0. The van der Waals surface area contributed by atoms with Crippen molar-refractivity contribution in [3.63, 3.8) is 0 Å². The SMILES string of the molecule is Nc1c2ccc(c1N)C(=O)OCCCCCCOC2=O. The highest BCUT2D eigenvalue weighted by Crippen LogP contribution is 2.26. The molecule has 3 rings (SSSR count). The summed E-state index contributed by atoms with van der Waals surface area (Å²) in [4.78, 5) is 23.7. The minimum absolute atomic E-state index is 0.0570. The Hall–Kier alpha value is -2.24. The predicted octanol–water partition coefficient (Wildman–Crippen LogP) is 1.74. The summed E-state index contributed by atoms with van der Waals surface area (Å²) in [5.41, 5.74) is 12.1. The summed E-state index contributed by atoms with van der Waals surface area (Å²) in [6.45, 7) is 0.694. The van der Waals surface area contributed by atoms with Gasteiger partial charge in [0, 0.05) is 0 Å². The third-order valence-corrected chi connectivity index (χ3v) is 3.23. The van der Waals surface area contributed by atoms with Gasteiger partial charge in [-0.2, -0.15) is 0 Å². The van der Waals surface area contributed by atoms with Crippen molar-refractivity contribution >= 4 is 23.3 Å². The minimum Gasteiger partial charge on any atom is -0.462 e. The largest absolute Gasteiger partial charge is 0.462 e. The Labute approximate surface area is 117 Å². The fourth-order valence-corrected chi connectivity index (χ4v) is 2.04. The standard InChI is InChI=1S/C14H18N2O4/c15-11-9-5-6-10(12(11)16)14(18)20-8-4-2-1-3-7-19-13(9)17/h5-6H,1-4,7-8,15-16H2.